The van der Waals surface area contributed by atoms with E-state index in [1.165, 1.54) is 0 Å². The lowest BCUT2D eigenvalue weighted by Crippen LogP contribution is -2.45. The van der Waals surface area contributed by atoms with E-state index in [1.807, 2.05) is 12.1 Å². The number of morpholine rings is 1. The highest BCUT2D eigenvalue weighted by atomic mass is 32.2. The second kappa shape index (κ2) is 7.79. The van der Waals surface area contributed by atoms with Gasteiger partial charge in [-0.2, -0.15) is 0 Å². The fourth-order valence-corrected chi connectivity index (χ4v) is 5.32. The van der Waals surface area contributed by atoms with Gasteiger partial charge in [-0.15, -0.1) is 0 Å². The molecule has 2 aliphatic heterocycles. The molecule has 5 rings (SSSR count). The fraction of sp³-hybridized carbons (Fsp3) is 0.524. The summed E-state index contributed by atoms with van der Waals surface area (Å²) in [5.41, 5.74) is 3.52. The zero-order chi connectivity index (χ0) is 20.7. The lowest BCUT2D eigenvalue weighted by Gasteiger charge is -2.36. The van der Waals surface area contributed by atoms with Crippen molar-refractivity contribution in [1.82, 2.24) is 9.97 Å². The third kappa shape index (κ3) is 3.89. The van der Waals surface area contributed by atoms with Crippen molar-refractivity contribution in [2.75, 3.05) is 36.0 Å². The van der Waals surface area contributed by atoms with Gasteiger partial charge in [0.05, 0.1) is 43.4 Å². The number of nitrogens with one attached hydrogen (secondary N) is 1. The Hall–Kier alpha value is -2.23. The molecule has 1 aliphatic carbocycles. The number of benzene rings is 1. The van der Waals surface area contributed by atoms with Crippen molar-refractivity contribution in [2.24, 2.45) is 0 Å². The molecule has 1 atom stereocenters. The van der Waals surface area contributed by atoms with Crippen molar-refractivity contribution in [1.29, 1.82) is 0 Å². The Labute approximate surface area is 176 Å². The molecule has 1 saturated heterocycles. The molecule has 0 amide bonds. The standard InChI is InChI=1S/C21H26N4O4S/c1-14-12-29-11-9-25(14)21-18-13-28-10-8-19(18)22-20(23-21)15-2-4-16(5-3-15)24-30(26,27)17-6-7-17/h2-5,14,17,24H,6-13H2,1H3/t14-/m0/s1. The molecule has 0 unspecified atom stereocenters. The first kappa shape index (κ1) is 19.7. The molecule has 2 fully saturated rings. The Kier molecular flexibility index (Phi) is 5.12. The summed E-state index contributed by atoms with van der Waals surface area (Å²) in [5.74, 6) is 1.57. The van der Waals surface area contributed by atoms with Gasteiger partial charge in [0.2, 0.25) is 10.0 Å². The van der Waals surface area contributed by atoms with Gasteiger partial charge in [0.15, 0.2) is 5.82 Å². The highest BCUT2D eigenvalue weighted by molar-refractivity contribution is 7.93. The lowest BCUT2D eigenvalue weighted by molar-refractivity contribution is 0.0952. The number of hydrogen-bond acceptors (Lipinski definition) is 7. The van der Waals surface area contributed by atoms with Gasteiger partial charge >= 0.3 is 0 Å². The molecular formula is C21H26N4O4S. The maximum atomic E-state index is 12.2. The van der Waals surface area contributed by atoms with E-state index in [4.69, 9.17) is 19.4 Å². The highest BCUT2D eigenvalue weighted by Gasteiger charge is 2.35. The predicted molar refractivity (Wildman–Crippen MR) is 114 cm³/mol. The minimum atomic E-state index is -3.27. The summed E-state index contributed by atoms with van der Waals surface area (Å²) < 4.78 is 38.3. The first-order valence-corrected chi connectivity index (χ1v) is 12.0. The van der Waals surface area contributed by atoms with Gasteiger partial charge in [-0.25, -0.2) is 18.4 Å². The van der Waals surface area contributed by atoms with Crippen LogP contribution in [-0.2, 0) is 32.5 Å². The average molecular weight is 431 g/mol. The molecule has 0 spiro atoms. The molecular weight excluding hydrogens is 404 g/mol. The normalized spacial score (nSPS) is 21.9. The largest absolute Gasteiger partial charge is 0.377 e. The first-order valence-electron chi connectivity index (χ1n) is 10.5. The van der Waals surface area contributed by atoms with Crippen LogP contribution in [0.1, 0.15) is 31.0 Å². The summed E-state index contributed by atoms with van der Waals surface area (Å²) in [6.45, 7) is 5.45. The summed E-state index contributed by atoms with van der Waals surface area (Å²) in [6, 6.07) is 7.53. The van der Waals surface area contributed by atoms with Gasteiger partial charge in [0.1, 0.15) is 5.82 Å². The number of hydrogen-bond donors (Lipinski definition) is 1. The van der Waals surface area contributed by atoms with Crippen molar-refractivity contribution < 1.29 is 17.9 Å². The van der Waals surface area contributed by atoms with Crippen LogP contribution in [0.3, 0.4) is 0 Å². The fourth-order valence-electron chi connectivity index (χ4n) is 3.94. The molecule has 1 N–H and O–H groups in total. The second-order valence-electron chi connectivity index (χ2n) is 8.14. The van der Waals surface area contributed by atoms with Crippen LogP contribution in [0.25, 0.3) is 11.4 Å². The van der Waals surface area contributed by atoms with Crippen molar-refractivity contribution in [3.05, 3.63) is 35.5 Å². The molecule has 8 nitrogen and oxygen atoms in total. The maximum absolute atomic E-state index is 12.2. The molecule has 9 heteroatoms. The molecule has 1 saturated carbocycles. The minimum Gasteiger partial charge on any atom is -0.377 e. The number of fused-ring (bicyclic) bond motifs is 1. The van der Waals surface area contributed by atoms with Gasteiger partial charge in [-0.3, -0.25) is 4.72 Å². The predicted octanol–water partition coefficient (Wildman–Crippen LogP) is 2.35. The molecule has 30 heavy (non-hydrogen) atoms. The number of ether oxygens (including phenoxy) is 2. The topological polar surface area (TPSA) is 93.7 Å². The van der Waals surface area contributed by atoms with E-state index in [9.17, 15) is 8.42 Å². The number of anilines is 2. The van der Waals surface area contributed by atoms with Crippen LogP contribution in [0, 0.1) is 0 Å². The Morgan fingerprint density at radius 3 is 2.63 bits per heavy atom. The van der Waals surface area contributed by atoms with Gasteiger partial charge < -0.3 is 14.4 Å². The Morgan fingerprint density at radius 1 is 1.10 bits per heavy atom. The molecule has 3 heterocycles. The van der Waals surface area contributed by atoms with Crippen molar-refractivity contribution in [3.8, 4) is 11.4 Å². The SMILES string of the molecule is C[C@H]1COCCN1c1nc(-c2ccc(NS(=O)(=O)C3CC3)cc2)nc2c1COCC2. The Morgan fingerprint density at radius 2 is 1.90 bits per heavy atom. The number of nitrogens with zero attached hydrogens (tertiary/aromatic N) is 3. The molecule has 1 aromatic heterocycles. The third-order valence-corrected chi connectivity index (χ3v) is 7.68. The number of rotatable bonds is 5. The van der Waals surface area contributed by atoms with Crippen LogP contribution in [0.15, 0.2) is 24.3 Å². The van der Waals surface area contributed by atoms with Gasteiger partial charge in [0, 0.05) is 29.8 Å². The smallest absolute Gasteiger partial charge is 0.235 e. The number of aromatic nitrogens is 2. The van der Waals surface area contributed by atoms with Crippen LogP contribution in [0.2, 0.25) is 0 Å². The van der Waals surface area contributed by atoms with Crippen molar-refractivity contribution >= 4 is 21.5 Å². The van der Waals surface area contributed by atoms with Crippen LogP contribution >= 0.6 is 0 Å². The minimum absolute atomic E-state index is 0.228. The van der Waals surface area contributed by atoms with E-state index in [0.29, 0.717) is 37.9 Å². The Bertz CT molecular complexity index is 1040. The van der Waals surface area contributed by atoms with Gasteiger partial charge in [-0.05, 0) is 44.0 Å². The molecule has 0 radical (unpaired) electrons. The first-order chi connectivity index (χ1) is 14.5. The summed E-state index contributed by atoms with van der Waals surface area (Å²) in [4.78, 5) is 12.0. The summed E-state index contributed by atoms with van der Waals surface area (Å²) in [7, 11) is -3.27. The molecule has 3 aliphatic rings. The molecule has 0 bridgehead atoms. The van der Waals surface area contributed by atoms with Crippen LogP contribution in [-0.4, -0.2) is 56.0 Å². The summed E-state index contributed by atoms with van der Waals surface area (Å²) >= 11 is 0. The maximum Gasteiger partial charge on any atom is 0.235 e. The number of sulfonamides is 1. The quantitative estimate of drug-likeness (QED) is 0.778. The zero-order valence-corrected chi connectivity index (χ0v) is 17.8. The van der Waals surface area contributed by atoms with Crippen LogP contribution in [0.5, 0.6) is 0 Å². The van der Waals surface area contributed by atoms with E-state index in [1.54, 1.807) is 12.1 Å². The van der Waals surface area contributed by atoms with Crippen molar-refractivity contribution in [3.63, 3.8) is 0 Å². The van der Waals surface area contributed by atoms with E-state index >= 15 is 0 Å². The highest BCUT2D eigenvalue weighted by Crippen LogP contribution is 2.32. The monoisotopic (exact) mass is 430 g/mol. The zero-order valence-electron chi connectivity index (χ0n) is 17.0. The Balaban J connectivity index is 1.47. The van der Waals surface area contributed by atoms with Crippen LogP contribution < -0.4 is 9.62 Å². The van der Waals surface area contributed by atoms with Gasteiger partial charge in [-0.1, -0.05) is 0 Å². The van der Waals surface area contributed by atoms with E-state index in [2.05, 4.69) is 16.5 Å². The lowest BCUT2D eigenvalue weighted by atomic mass is 10.1. The molecule has 160 valence electrons. The second-order valence-corrected chi connectivity index (χ2v) is 10.1. The van der Waals surface area contributed by atoms with Crippen LogP contribution in [0.4, 0.5) is 11.5 Å². The average Bonchev–Trinajstić information content (AvgIpc) is 3.60. The van der Waals surface area contributed by atoms with E-state index in [0.717, 1.165) is 48.4 Å². The molecule has 1 aromatic carbocycles. The van der Waals surface area contributed by atoms with E-state index in [-0.39, 0.29) is 11.3 Å². The van der Waals surface area contributed by atoms with Gasteiger partial charge in [0.25, 0.3) is 0 Å². The summed E-state index contributed by atoms with van der Waals surface area (Å²) in [5, 5.41) is -0.249. The van der Waals surface area contributed by atoms with E-state index < -0.39 is 10.0 Å². The third-order valence-electron chi connectivity index (χ3n) is 5.81. The van der Waals surface area contributed by atoms with Crippen molar-refractivity contribution in [2.45, 2.75) is 44.1 Å². The molecule has 2 aromatic rings. The summed E-state index contributed by atoms with van der Waals surface area (Å²) in [6.07, 6.45) is 2.24.